The van der Waals surface area contributed by atoms with Crippen molar-refractivity contribution in [2.45, 2.75) is 64.7 Å². The van der Waals surface area contributed by atoms with Crippen LogP contribution in [0.1, 0.15) is 68.7 Å². The largest absolute Gasteiger partial charge is 0.466 e. The number of esters is 2. The second-order valence-corrected chi connectivity index (χ2v) is 11.6. The molecule has 1 atom stereocenters. The molecule has 5 rings (SSSR count). The fourth-order valence-electron chi connectivity index (χ4n) is 6.18. The van der Waals surface area contributed by atoms with E-state index in [1.165, 1.54) is 30.5 Å². The Labute approximate surface area is 257 Å². The molecule has 3 aromatic rings. The first-order valence-electron chi connectivity index (χ1n) is 14.9. The van der Waals surface area contributed by atoms with Gasteiger partial charge in [0.25, 0.3) is 0 Å². The highest BCUT2D eigenvalue weighted by Gasteiger charge is 2.37. The maximum atomic E-state index is 13.4. The fourth-order valence-corrected chi connectivity index (χ4v) is 6.34. The highest BCUT2D eigenvalue weighted by atomic mass is 35.5. The van der Waals surface area contributed by atoms with Crippen molar-refractivity contribution in [3.05, 3.63) is 86.8 Å². The fraction of sp³-hybridized carbons (Fsp3) is 0.382. The Morgan fingerprint density at radius 1 is 1.02 bits per heavy atom. The summed E-state index contributed by atoms with van der Waals surface area (Å²) in [5.41, 5.74) is 14.0. The predicted molar refractivity (Wildman–Crippen MR) is 171 cm³/mol. The third-order valence-corrected chi connectivity index (χ3v) is 8.45. The van der Waals surface area contributed by atoms with E-state index in [0.717, 1.165) is 61.5 Å². The van der Waals surface area contributed by atoms with Gasteiger partial charge in [0.2, 0.25) is 0 Å². The van der Waals surface area contributed by atoms with Crippen LogP contribution in [0.25, 0.3) is 10.9 Å². The molecule has 226 valence electrons. The Balaban J connectivity index is 1.20. The number of hydrogen-bond acceptors (Lipinski definition) is 8. The van der Waals surface area contributed by atoms with E-state index in [9.17, 15) is 9.59 Å². The number of aromatic nitrogens is 1. The molecule has 9 heteroatoms. The molecule has 2 aliphatic rings. The van der Waals surface area contributed by atoms with Gasteiger partial charge in [0.1, 0.15) is 0 Å². The van der Waals surface area contributed by atoms with Gasteiger partial charge in [0.15, 0.2) is 0 Å². The number of benzene rings is 2. The molecule has 2 heterocycles. The monoisotopic (exact) mass is 602 g/mol. The number of halogens is 1. The van der Waals surface area contributed by atoms with Gasteiger partial charge in [-0.2, -0.15) is 0 Å². The number of fused-ring (bicyclic) bond motifs is 2. The standard InChI is InChI=1S/C34H39ClN4O4/c1-20-29(33(40)42-3)31(22-10-9-11-24(36)18-22)30(21(2)38-20)34(41)43-17-8-4-7-16-37-32-25-12-5-6-13-27(25)39-28-19-23(35)14-15-26(28)32/h9-11,14-15,18-19,31,38H,4-8,12-13,16-17,36H2,1-3H3,(H,37,39). The van der Waals surface area contributed by atoms with Crippen LogP contribution in [0.3, 0.4) is 0 Å². The van der Waals surface area contributed by atoms with Gasteiger partial charge in [-0.1, -0.05) is 23.7 Å². The number of carbonyl (C=O) groups excluding carboxylic acids is 2. The second kappa shape index (κ2) is 13.5. The van der Waals surface area contributed by atoms with Crippen molar-refractivity contribution in [1.29, 1.82) is 0 Å². The summed E-state index contributed by atoms with van der Waals surface area (Å²) in [6, 6.07) is 13.1. The van der Waals surface area contributed by atoms with Crippen LogP contribution >= 0.6 is 11.6 Å². The SMILES string of the molecule is COC(=O)C1=C(C)NC(C)=C(C(=O)OCCCCCNc2c3c(nc4cc(Cl)ccc24)CCCC3)C1c1cccc(N)c1. The molecular formula is C34H39ClN4O4. The van der Waals surface area contributed by atoms with Crippen LogP contribution in [-0.2, 0) is 31.9 Å². The smallest absolute Gasteiger partial charge is 0.336 e. The maximum absolute atomic E-state index is 13.4. The Morgan fingerprint density at radius 2 is 1.79 bits per heavy atom. The van der Waals surface area contributed by atoms with Crippen molar-refractivity contribution in [3.8, 4) is 0 Å². The van der Waals surface area contributed by atoms with Crippen molar-refractivity contribution in [2.24, 2.45) is 0 Å². The number of nitrogens with zero attached hydrogens (tertiary/aromatic N) is 1. The van der Waals surface area contributed by atoms with Crippen LogP contribution in [0.5, 0.6) is 0 Å². The average Bonchev–Trinajstić information content (AvgIpc) is 2.99. The minimum Gasteiger partial charge on any atom is -0.466 e. The summed E-state index contributed by atoms with van der Waals surface area (Å²) in [4.78, 5) is 31.2. The topological polar surface area (TPSA) is 116 Å². The second-order valence-electron chi connectivity index (χ2n) is 11.2. The van der Waals surface area contributed by atoms with Gasteiger partial charge in [-0.25, -0.2) is 9.59 Å². The van der Waals surface area contributed by atoms with Crippen molar-refractivity contribution >= 4 is 45.8 Å². The molecule has 0 spiro atoms. The van der Waals surface area contributed by atoms with E-state index in [4.69, 9.17) is 31.8 Å². The number of unbranched alkanes of at least 4 members (excludes halogenated alkanes) is 2. The summed E-state index contributed by atoms with van der Waals surface area (Å²) in [5, 5.41) is 8.65. The van der Waals surface area contributed by atoms with Gasteiger partial charge >= 0.3 is 11.9 Å². The normalized spacial score (nSPS) is 16.5. The number of methoxy groups -OCH3 is 1. The van der Waals surface area contributed by atoms with Crippen molar-refractivity contribution in [2.75, 3.05) is 31.3 Å². The van der Waals surface area contributed by atoms with Crippen LogP contribution in [0, 0.1) is 0 Å². The van der Waals surface area contributed by atoms with Crippen molar-refractivity contribution in [1.82, 2.24) is 10.3 Å². The van der Waals surface area contributed by atoms with Crippen LogP contribution < -0.4 is 16.4 Å². The zero-order chi connectivity index (χ0) is 30.5. The molecule has 8 nitrogen and oxygen atoms in total. The van der Waals surface area contributed by atoms with Gasteiger partial charge < -0.3 is 25.8 Å². The molecule has 0 bridgehead atoms. The lowest BCUT2D eigenvalue weighted by molar-refractivity contribution is -0.139. The quantitative estimate of drug-likeness (QED) is 0.135. The molecule has 0 saturated carbocycles. The average molecular weight is 603 g/mol. The van der Waals surface area contributed by atoms with E-state index in [1.807, 2.05) is 31.2 Å². The molecule has 1 aliphatic heterocycles. The van der Waals surface area contributed by atoms with E-state index >= 15 is 0 Å². The van der Waals surface area contributed by atoms with Gasteiger partial charge in [-0.05, 0) is 100 Å². The summed E-state index contributed by atoms with van der Waals surface area (Å²) in [7, 11) is 1.33. The van der Waals surface area contributed by atoms with Gasteiger partial charge in [0, 0.05) is 45.4 Å². The van der Waals surface area contributed by atoms with Crippen LogP contribution in [0.4, 0.5) is 11.4 Å². The number of carbonyl (C=O) groups is 2. The Morgan fingerprint density at radius 3 is 2.56 bits per heavy atom. The minimum atomic E-state index is -0.648. The number of aryl methyl sites for hydroxylation is 1. The molecule has 2 aromatic carbocycles. The summed E-state index contributed by atoms with van der Waals surface area (Å²) in [6.07, 6.45) is 6.90. The summed E-state index contributed by atoms with van der Waals surface area (Å²) < 4.78 is 10.8. The van der Waals surface area contributed by atoms with Gasteiger partial charge in [-0.3, -0.25) is 4.98 Å². The zero-order valence-electron chi connectivity index (χ0n) is 25.0. The number of dihydropyridines is 1. The van der Waals surface area contributed by atoms with Crippen LogP contribution in [0.15, 0.2) is 65.0 Å². The lowest BCUT2D eigenvalue weighted by Gasteiger charge is -2.30. The summed E-state index contributed by atoms with van der Waals surface area (Å²) >= 11 is 6.26. The number of nitrogens with one attached hydrogen (secondary N) is 2. The van der Waals surface area contributed by atoms with E-state index in [2.05, 4.69) is 16.7 Å². The van der Waals surface area contributed by atoms with Crippen LogP contribution in [0.2, 0.25) is 5.02 Å². The van der Waals surface area contributed by atoms with E-state index in [1.54, 1.807) is 19.1 Å². The molecule has 0 radical (unpaired) electrons. The molecule has 1 aliphatic carbocycles. The Hall–Kier alpha value is -4.04. The maximum Gasteiger partial charge on any atom is 0.336 e. The molecule has 0 fully saturated rings. The number of hydrogen-bond donors (Lipinski definition) is 3. The third-order valence-electron chi connectivity index (χ3n) is 8.21. The number of nitrogen functional groups attached to an aromatic ring is 1. The first-order chi connectivity index (χ1) is 20.8. The lowest BCUT2D eigenvalue weighted by atomic mass is 9.80. The number of pyridine rings is 1. The predicted octanol–water partition coefficient (Wildman–Crippen LogP) is 6.58. The molecule has 0 saturated heterocycles. The number of ether oxygens (including phenoxy) is 2. The van der Waals surface area contributed by atoms with Crippen molar-refractivity contribution < 1.29 is 19.1 Å². The number of rotatable bonds is 10. The van der Waals surface area contributed by atoms with E-state index in [-0.39, 0.29) is 6.61 Å². The lowest BCUT2D eigenvalue weighted by Crippen LogP contribution is -2.32. The van der Waals surface area contributed by atoms with E-state index in [0.29, 0.717) is 33.3 Å². The first-order valence-corrected chi connectivity index (χ1v) is 15.3. The number of allylic oxidation sites excluding steroid dienone is 2. The minimum absolute atomic E-state index is 0.279. The first kappa shape index (κ1) is 30.4. The summed E-state index contributed by atoms with van der Waals surface area (Å²) in [5.74, 6) is -1.61. The Bertz CT molecular complexity index is 1610. The zero-order valence-corrected chi connectivity index (χ0v) is 25.8. The number of nitrogens with two attached hydrogens (primary N) is 1. The highest BCUT2D eigenvalue weighted by molar-refractivity contribution is 6.31. The molecular weight excluding hydrogens is 564 g/mol. The van der Waals surface area contributed by atoms with E-state index < -0.39 is 17.9 Å². The van der Waals surface area contributed by atoms with Crippen LogP contribution in [-0.4, -0.2) is 37.2 Å². The molecule has 1 unspecified atom stereocenters. The number of anilines is 2. The van der Waals surface area contributed by atoms with Gasteiger partial charge in [-0.15, -0.1) is 0 Å². The van der Waals surface area contributed by atoms with Crippen molar-refractivity contribution in [3.63, 3.8) is 0 Å². The Kier molecular flexibility index (Phi) is 9.56. The molecule has 4 N–H and O–H groups in total. The summed E-state index contributed by atoms with van der Waals surface area (Å²) in [6.45, 7) is 4.70. The highest BCUT2D eigenvalue weighted by Crippen LogP contribution is 2.40. The molecule has 43 heavy (non-hydrogen) atoms. The molecule has 0 amide bonds. The molecule has 1 aromatic heterocycles. The van der Waals surface area contributed by atoms with Gasteiger partial charge in [0.05, 0.1) is 36.3 Å². The third kappa shape index (κ3) is 6.64.